The zero-order valence-electron chi connectivity index (χ0n) is 12.4. The number of amides is 1. The predicted molar refractivity (Wildman–Crippen MR) is 74.5 cm³/mol. The van der Waals surface area contributed by atoms with Gasteiger partial charge in [-0.25, -0.2) is 0 Å². The molecule has 0 aromatic rings. The molecule has 0 bridgehead atoms. The third-order valence-electron chi connectivity index (χ3n) is 4.91. The minimum Gasteiger partial charge on any atom is -0.342 e. The van der Waals surface area contributed by atoms with Crippen LogP contribution in [0.25, 0.3) is 0 Å². The Morgan fingerprint density at radius 1 is 1.14 bits per heavy atom. The molecule has 1 amide bonds. The van der Waals surface area contributed by atoms with Gasteiger partial charge < -0.3 is 10.6 Å². The number of alkyl halides is 3. The highest BCUT2D eigenvalue weighted by molar-refractivity contribution is 5.79. The summed E-state index contributed by atoms with van der Waals surface area (Å²) in [5.41, 5.74) is 5.55. The monoisotopic (exact) mass is 306 g/mol. The van der Waals surface area contributed by atoms with Gasteiger partial charge in [0, 0.05) is 19.0 Å². The first-order valence-electron chi connectivity index (χ1n) is 7.99. The summed E-state index contributed by atoms with van der Waals surface area (Å²) in [6.07, 6.45) is 0.256. The summed E-state index contributed by atoms with van der Waals surface area (Å²) in [7, 11) is 0. The van der Waals surface area contributed by atoms with Gasteiger partial charge in [0.2, 0.25) is 5.91 Å². The molecule has 1 saturated carbocycles. The van der Waals surface area contributed by atoms with Crippen LogP contribution in [0, 0.1) is 17.8 Å². The average Bonchev–Trinajstić information content (AvgIpc) is 2.46. The number of carbonyl (C=O) groups excluding carboxylic acids is 1. The van der Waals surface area contributed by atoms with Gasteiger partial charge in [0.25, 0.3) is 0 Å². The van der Waals surface area contributed by atoms with Crippen LogP contribution < -0.4 is 5.73 Å². The molecule has 0 spiro atoms. The minimum absolute atomic E-state index is 0.0972. The van der Waals surface area contributed by atoms with Crippen LogP contribution in [-0.2, 0) is 4.79 Å². The zero-order chi connectivity index (χ0) is 15.5. The Hall–Kier alpha value is -0.780. The molecule has 1 saturated heterocycles. The van der Waals surface area contributed by atoms with Gasteiger partial charge in [-0.05, 0) is 44.6 Å². The molecule has 2 aliphatic rings. The van der Waals surface area contributed by atoms with E-state index in [9.17, 15) is 18.0 Å². The Labute approximate surface area is 124 Å². The molecule has 3 nitrogen and oxygen atoms in total. The number of hydrogen-bond acceptors (Lipinski definition) is 2. The Bertz CT molecular complexity index is 357. The number of likely N-dealkylation sites (tertiary alicyclic amines) is 1. The van der Waals surface area contributed by atoms with Crippen LogP contribution in [0.3, 0.4) is 0 Å². The van der Waals surface area contributed by atoms with Crippen molar-refractivity contribution in [1.29, 1.82) is 0 Å². The van der Waals surface area contributed by atoms with Crippen LogP contribution in [-0.4, -0.2) is 36.6 Å². The van der Waals surface area contributed by atoms with E-state index in [0.29, 0.717) is 38.4 Å². The van der Waals surface area contributed by atoms with E-state index >= 15 is 0 Å². The molecule has 1 aliphatic heterocycles. The lowest BCUT2D eigenvalue weighted by Gasteiger charge is -2.39. The highest BCUT2D eigenvalue weighted by Crippen LogP contribution is 2.42. The zero-order valence-corrected chi connectivity index (χ0v) is 12.4. The first-order chi connectivity index (χ1) is 9.93. The van der Waals surface area contributed by atoms with E-state index in [1.54, 1.807) is 4.90 Å². The molecule has 0 radical (unpaired) electrons. The lowest BCUT2D eigenvalue weighted by Crippen LogP contribution is -2.48. The fourth-order valence-corrected chi connectivity index (χ4v) is 3.79. The van der Waals surface area contributed by atoms with Crippen molar-refractivity contribution < 1.29 is 18.0 Å². The molecule has 0 aromatic carbocycles. The lowest BCUT2D eigenvalue weighted by molar-refractivity contribution is -0.201. The van der Waals surface area contributed by atoms with Crippen molar-refractivity contribution in [3.05, 3.63) is 0 Å². The van der Waals surface area contributed by atoms with Crippen molar-refractivity contribution in [3.8, 4) is 0 Å². The number of rotatable bonds is 3. The molecule has 0 aromatic heterocycles. The van der Waals surface area contributed by atoms with Gasteiger partial charge in [-0.2, -0.15) is 13.2 Å². The third-order valence-corrected chi connectivity index (χ3v) is 4.91. The normalized spacial score (nSPS) is 31.2. The topological polar surface area (TPSA) is 46.3 Å². The highest BCUT2D eigenvalue weighted by atomic mass is 19.4. The largest absolute Gasteiger partial charge is 0.392 e. The predicted octanol–water partition coefficient (Wildman–Crippen LogP) is 2.94. The summed E-state index contributed by atoms with van der Waals surface area (Å²) in [6, 6.07) is 0. The number of piperidine rings is 1. The van der Waals surface area contributed by atoms with Crippen molar-refractivity contribution in [2.24, 2.45) is 23.5 Å². The van der Waals surface area contributed by atoms with Crippen molar-refractivity contribution in [3.63, 3.8) is 0 Å². The molecule has 2 rings (SSSR count). The molecule has 2 fully saturated rings. The van der Waals surface area contributed by atoms with Gasteiger partial charge >= 0.3 is 6.18 Å². The van der Waals surface area contributed by atoms with Gasteiger partial charge in [0.05, 0.1) is 5.92 Å². The molecular weight excluding hydrogens is 281 g/mol. The maximum absolute atomic E-state index is 13.1. The second-order valence-electron chi connectivity index (χ2n) is 6.41. The van der Waals surface area contributed by atoms with E-state index in [-0.39, 0.29) is 12.3 Å². The number of hydrogen-bond donors (Lipinski definition) is 1. The summed E-state index contributed by atoms with van der Waals surface area (Å²) < 4.78 is 39.4. The maximum Gasteiger partial charge on any atom is 0.392 e. The molecule has 1 heterocycles. The maximum atomic E-state index is 13.1. The number of halogens is 3. The van der Waals surface area contributed by atoms with Crippen molar-refractivity contribution >= 4 is 5.91 Å². The molecule has 1 aliphatic carbocycles. The SMILES string of the molecule is NCCC1CCCN(C(=O)C2CCCCC2C(F)(F)F)C1. The fourth-order valence-electron chi connectivity index (χ4n) is 3.79. The van der Waals surface area contributed by atoms with E-state index in [0.717, 1.165) is 25.7 Å². The van der Waals surface area contributed by atoms with Crippen molar-refractivity contribution in [1.82, 2.24) is 4.90 Å². The van der Waals surface area contributed by atoms with Gasteiger partial charge in [0.1, 0.15) is 0 Å². The van der Waals surface area contributed by atoms with Crippen molar-refractivity contribution in [2.75, 3.05) is 19.6 Å². The van der Waals surface area contributed by atoms with Crippen LogP contribution in [0.1, 0.15) is 44.9 Å². The molecule has 3 atom stereocenters. The van der Waals surface area contributed by atoms with E-state index in [1.165, 1.54) is 0 Å². The molecule has 21 heavy (non-hydrogen) atoms. The fraction of sp³-hybridized carbons (Fsp3) is 0.933. The summed E-state index contributed by atoms with van der Waals surface area (Å²) in [4.78, 5) is 14.2. The minimum atomic E-state index is -4.26. The first-order valence-corrected chi connectivity index (χ1v) is 7.99. The second kappa shape index (κ2) is 6.99. The molecule has 122 valence electrons. The number of nitrogens with two attached hydrogens (primary N) is 1. The first kappa shape index (κ1) is 16.6. The molecule has 2 N–H and O–H groups in total. The van der Waals surface area contributed by atoms with Crippen LogP contribution in [0.2, 0.25) is 0 Å². The van der Waals surface area contributed by atoms with Gasteiger partial charge in [0.15, 0.2) is 0 Å². The quantitative estimate of drug-likeness (QED) is 0.871. The highest BCUT2D eigenvalue weighted by Gasteiger charge is 2.49. The van der Waals surface area contributed by atoms with Gasteiger partial charge in [-0.1, -0.05) is 12.8 Å². The van der Waals surface area contributed by atoms with E-state index in [1.807, 2.05) is 0 Å². The van der Waals surface area contributed by atoms with E-state index < -0.39 is 18.0 Å². The van der Waals surface area contributed by atoms with Crippen LogP contribution in [0.15, 0.2) is 0 Å². The third kappa shape index (κ3) is 4.11. The Kier molecular flexibility index (Phi) is 5.52. The van der Waals surface area contributed by atoms with Gasteiger partial charge in [-0.15, -0.1) is 0 Å². The number of carbonyl (C=O) groups is 1. The molecular formula is C15H25F3N2O. The van der Waals surface area contributed by atoms with E-state index in [2.05, 4.69) is 0 Å². The van der Waals surface area contributed by atoms with Crippen LogP contribution >= 0.6 is 0 Å². The summed E-state index contributed by atoms with van der Waals surface area (Å²) in [5.74, 6) is -2.25. The number of nitrogens with zero attached hydrogens (tertiary/aromatic N) is 1. The smallest absolute Gasteiger partial charge is 0.342 e. The molecule has 6 heteroatoms. The van der Waals surface area contributed by atoms with Crippen LogP contribution in [0.5, 0.6) is 0 Å². The van der Waals surface area contributed by atoms with Gasteiger partial charge in [-0.3, -0.25) is 4.79 Å². The Morgan fingerprint density at radius 3 is 2.52 bits per heavy atom. The van der Waals surface area contributed by atoms with E-state index in [4.69, 9.17) is 5.73 Å². The lowest BCUT2D eigenvalue weighted by atomic mass is 9.77. The summed E-state index contributed by atoms with van der Waals surface area (Å²) in [5, 5.41) is 0. The summed E-state index contributed by atoms with van der Waals surface area (Å²) >= 11 is 0. The standard InChI is InChI=1S/C15H25F3N2O/c16-15(17,18)13-6-2-1-5-12(13)14(21)20-9-3-4-11(10-20)7-8-19/h11-13H,1-10,19H2. The summed E-state index contributed by atoms with van der Waals surface area (Å²) in [6.45, 7) is 1.75. The Balaban J connectivity index is 2.03. The second-order valence-corrected chi connectivity index (χ2v) is 6.41. The van der Waals surface area contributed by atoms with Crippen molar-refractivity contribution in [2.45, 2.75) is 51.1 Å². The molecule has 3 unspecified atom stereocenters. The van der Waals surface area contributed by atoms with Crippen LogP contribution in [0.4, 0.5) is 13.2 Å². The Morgan fingerprint density at radius 2 is 1.86 bits per heavy atom. The average molecular weight is 306 g/mol.